The van der Waals surface area contributed by atoms with Crippen molar-refractivity contribution < 1.29 is 0 Å². The van der Waals surface area contributed by atoms with Crippen LogP contribution in [0.25, 0.3) is 55.6 Å². The van der Waals surface area contributed by atoms with Gasteiger partial charge in [0, 0.05) is 86.9 Å². The summed E-state index contributed by atoms with van der Waals surface area (Å²) in [5, 5.41) is 2.57. The van der Waals surface area contributed by atoms with Crippen LogP contribution in [0.4, 0.5) is 34.1 Å². The Bertz CT molecular complexity index is 4470. The SMILES string of the molecule is c1ccc(-c2nc3cccc4c3n2-c2cc(N(c3ccccc3)c3ccccc3)cc3c2B4c2cc4c(cc2S3)Sc2cc(N(c3ccccc3)c3ccccc3)cc3c2B4c2cccc4c5ccccc5n-3c24)cc1. The molecule has 0 atom stereocenters. The van der Waals surface area contributed by atoms with E-state index in [0.717, 1.165) is 51.0 Å². The average Bonchev–Trinajstić information content (AvgIpc) is 4.13. The van der Waals surface area contributed by atoms with Gasteiger partial charge in [-0.3, -0.25) is 4.57 Å². The van der Waals surface area contributed by atoms with Gasteiger partial charge in [-0.15, -0.1) is 0 Å². The van der Waals surface area contributed by atoms with Crippen LogP contribution in [0.5, 0.6) is 0 Å². The molecule has 76 heavy (non-hydrogen) atoms. The molecule has 4 aliphatic heterocycles. The Balaban J connectivity index is 0.930. The number of fused-ring (bicyclic) bond motifs is 11. The van der Waals surface area contributed by atoms with Gasteiger partial charge in [-0.1, -0.05) is 192 Å². The first-order valence-corrected chi connectivity index (χ1v) is 27.6. The molecule has 0 aliphatic carbocycles. The number of para-hydroxylation sites is 7. The monoisotopic (exact) mass is 1000 g/mol. The van der Waals surface area contributed by atoms with Crippen molar-refractivity contribution in [1.29, 1.82) is 0 Å². The van der Waals surface area contributed by atoms with Crippen LogP contribution in [0.3, 0.4) is 0 Å². The maximum Gasteiger partial charge on any atom is 0.249 e. The van der Waals surface area contributed by atoms with Crippen LogP contribution >= 0.6 is 23.5 Å². The van der Waals surface area contributed by atoms with Gasteiger partial charge in [-0.25, -0.2) is 4.98 Å². The lowest BCUT2D eigenvalue weighted by molar-refractivity contribution is 1.09. The first-order chi connectivity index (χ1) is 37.7. The van der Waals surface area contributed by atoms with Crippen molar-refractivity contribution in [2.24, 2.45) is 0 Å². The number of aromatic nitrogens is 3. The van der Waals surface area contributed by atoms with Gasteiger partial charge in [0.15, 0.2) is 0 Å². The molecule has 5 nitrogen and oxygen atoms in total. The third-order valence-corrected chi connectivity index (χ3v) is 18.4. The topological polar surface area (TPSA) is 29.2 Å². The predicted octanol–water partition coefficient (Wildman–Crippen LogP) is 13.3. The predicted molar refractivity (Wildman–Crippen MR) is 321 cm³/mol. The largest absolute Gasteiger partial charge is 0.310 e. The van der Waals surface area contributed by atoms with Crippen molar-refractivity contribution in [3.8, 4) is 22.8 Å². The molecule has 0 bridgehead atoms. The average molecular weight is 1000 g/mol. The Morgan fingerprint density at radius 3 is 1.36 bits per heavy atom. The van der Waals surface area contributed by atoms with Crippen LogP contribution in [0, 0.1) is 0 Å². The van der Waals surface area contributed by atoms with Crippen LogP contribution in [-0.2, 0) is 0 Å². The number of imidazole rings is 1. The lowest BCUT2D eigenvalue weighted by Crippen LogP contribution is -2.62. The Hall–Kier alpha value is -8.88. The van der Waals surface area contributed by atoms with Crippen molar-refractivity contribution in [2.75, 3.05) is 9.80 Å². The summed E-state index contributed by atoms with van der Waals surface area (Å²) in [6.45, 7) is -0.0143. The molecule has 0 amide bonds. The molecular formula is C67H41B2N5S2. The van der Waals surface area contributed by atoms with Crippen LogP contribution in [-0.4, -0.2) is 27.5 Å². The quantitative estimate of drug-likeness (QED) is 0.148. The first kappa shape index (κ1) is 42.5. The van der Waals surface area contributed by atoms with Crippen molar-refractivity contribution in [3.05, 3.63) is 249 Å². The number of nitrogens with zero attached hydrogens (tertiary/aromatic N) is 5. The van der Waals surface area contributed by atoms with E-state index < -0.39 is 0 Å². The zero-order chi connectivity index (χ0) is 49.6. The van der Waals surface area contributed by atoms with Crippen LogP contribution < -0.4 is 42.6 Å². The summed E-state index contributed by atoms with van der Waals surface area (Å²) in [5.74, 6) is 0.955. The highest BCUT2D eigenvalue weighted by atomic mass is 32.2. The van der Waals surface area contributed by atoms with E-state index in [2.05, 4.69) is 268 Å². The summed E-state index contributed by atoms with van der Waals surface area (Å²) in [6, 6.07) is 91.8. The Labute approximate surface area is 448 Å². The molecule has 0 spiro atoms. The van der Waals surface area contributed by atoms with E-state index in [0.29, 0.717) is 0 Å². The fourth-order valence-electron chi connectivity index (χ4n) is 13.1. The Morgan fingerprint density at radius 2 is 0.803 bits per heavy atom. The summed E-state index contributed by atoms with van der Waals surface area (Å²) in [4.78, 5) is 15.5. The molecule has 11 aromatic carbocycles. The maximum atomic E-state index is 5.51. The van der Waals surface area contributed by atoms with E-state index in [4.69, 9.17) is 4.98 Å². The lowest BCUT2D eigenvalue weighted by Gasteiger charge is -2.38. The Morgan fingerprint density at radius 1 is 0.342 bits per heavy atom. The lowest BCUT2D eigenvalue weighted by atomic mass is 9.32. The zero-order valence-electron chi connectivity index (χ0n) is 40.9. The standard InChI is InChI=1S/C67H41B2N5S2/c1-6-20-42(21-7-1)67-70-55-34-19-33-52-66(55)74(67)58-37-48(72(45-26-12-4-13-27-45)46-28-14-5-15-29-46)39-62-64(58)69(52)54-40-53-59(41-60(54)76-62)75-61-38-47(71(43-22-8-2-9-23-43)44-24-10-3-11-25-44)36-57-63(61)68(53)51-32-18-31-50-49-30-16-17-35-56(49)73(57)65(50)51/h1-41H. The molecule has 4 aliphatic rings. The van der Waals surface area contributed by atoms with Crippen LogP contribution in [0.15, 0.2) is 268 Å². The number of rotatable bonds is 7. The van der Waals surface area contributed by atoms with Crippen LogP contribution in [0.2, 0.25) is 0 Å². The smallest absolute Gasteiger partial charge is 0.249 e. The minimum atomic E-state index is -0.0246. The molecule has 13 aromatic rings. The third kappa shape index (κ3) is 6.06. The molecule has 6 heterocycles. The Kier molecular flexibility index (Phi) is 9.11. The number of hydrogen-bond donors (Lipinski definition) is 0. The van der Waals surface area contributed by atoms with Crippen molar-refractivity contribution in [1.82, 2.24) is 14.1 Å². The van der Waals surface area contributed by atoms with Gasteiger partial charge in [0.25, 0.3) is 0 Å². The second kappa shape index (κ2) is 16.3. The van der Waals surface area contributed by atoms with E-state index in [9.17, 15) is 0 Å². The van der Waals surface area contributed by atoms with Crippen molar-refractivity contribution in [3.63, 3.8) is 0 Å². The third-order valence-electron chi connectivity index (χ3n) is 16.1. The highest BCUT2D eigenvalue weighted by Gasteiger charge is 2.45. The maximum absolute atomic E-state index is 5.51. The number of hydrogen-bond acceptors (Lipinski definition) is 5. The van der Waals surface area contributed by atoms with E-state index in [1.165, 1.54) is 91.1 Å². The summed E-state index contributed by atoms with van der Waals surface area (Å²) in [6.07, 6.45) is 0. The van der Waals surface area contributed by atoms with Gasteiger partial charge in [0.2, 0.25) is 13.4 Å². The van der Waals surface area contributed by atoms with Gasteiger partial charge in [-0.05, 0) is 113 Å². The summed E-state index contributed by atoms with van der Waals surface area (Å²) >= 11 is 3.86. The van der Waals surface area contributed by atoms with Gasteiger partial charge < -0.3 is 14.4 Å². The van der Waals surface area contributed by atoms with E-state index in [1.54, 1.807) is 0 Å². The van der Waals surface area contributed by atoms with E-state index >= 15 is 0 Å². The second-order valence-corrected chi connectivity index (χ2v) is 22.4. The molecule has 0 fully saturated rings. The molecule has 0 N–H and O–H groups in total. The summed E-state index contributed by atoms with van der Waals surface area (Å²) in [7, 11) is 0. The summed E-state index contributed by atoms with van der Waals surface area (Å²) < 4.78 is 5.05. The minimum Gasteiger partial charge on any atom is -0.310 e. The zero-order valence-corrected chi connectivity index (χ0v) is 42.5. The molecule has 2 aromatic heterocycles. The van der Waals surface area contributed by atoms with Crippen LogP contribution in [0.1, 0.15) is 0 Å². The molecular weight excluding hydrogens is 961 g/mol. The normalized spacial score (nSPS) is 13.1. The van der Waals surface area contributed by atoms with Gasteiger partial charge in [0.05, 0.1) is 16.6 Å². The highest BCUT2D eigenvalue weighted by Crippen LogP contribution is 2.47. The van der Waals surface area contributed by atoms with Gasteiger partial charge in [0.1, 0.15) is 5.82 Å². The number of benzene rings is 11. The van der Waals surface area contributed by atoms with Gasteiger partial charge in [-0.2, -0.15) is 0 Å². The van der Waals surface area contributed by atoms with Crippen molar-refractivity contribution >= 4 is 137 Å². The second-order valence-electron chi connectivity index (χ2n) is 20.2. The molecule has 352 valence electrons. The molecule has 0 unspecified atom stereocenters. The fourth-order valence-corrected chi connectivity index (χ4v) is 15.6. The van der Waals surface area contributed by atoms with Crippen molar-refractivity contribution in [2.45, 2.75) is 19.6 Å². The molecule has 9 heteroatoms. The fraction of sp³-hybridized carbons (Fsp3) is 0. The summed E-state index contributed by atoms with van der Waals surface area (Å²) in [5.41, 5.74) is 23.0. The van der Waals surface area contributed by atoms with E-state index in [-0.39, 0.29) is 13.4 Å². The minimum absolute atomic E-state index is 0.0103. The first-order valence-electron chi connectivity index (χ1n) is 26.0. The molecule has 0 saturated carbocycles. The number of anilines is 6. The molecule has 17 rings (SSSR count). The van der Waals surface area contributed by atoms with E-state index in [1.807, 2.05) is 23.5 Å². The molecule has 0 saturated heterocycles. The highest BCUT2D eigenvalue weighted by molar-refractivity contribution is 8.01. The molecule has 0 radical (unpaired) electrons. The van der Waals surface area contributed by atoms with Gasteiger partial charge >= 0.3 is 0 Å².